The first-order valence-electron chi connectivity index (χ1n) is 8.95. The maximum atomic E-state index is 14.5. The molecule has 1 aliphatic rings. The Morgan fingerprint density at radius 1 is 1.11 bits per heavy atom. The molecule has 0 spiro atoms. The molecule has 1 heterocycles. The van der Waals surface area contributed by atoms with Crippen LogP contribution in [0.4, 0.5) is 20.6 Å². The van der Waals surface area contributed by atoms with Crippen molar-refractivity contribution < 1.29 is 22.3 Å². The molecule has 150 valence electrons. The van der Waals surface area contributed by atoms with E-state index < -0.39 is 15.8 Å². The van der Waals surface area contributed by atoms with Crippen LogP contribution in [0.1, 0.15) is 19.8 Å². The number of primary sulfonamides is 1. The highest BCUT2D eigenvalue weighted by Gasteiger charge is 2.32. The molecular weight excluding hydrogens is 385 g/mol. The quantitative estimate of drug-likeness (QED) is 0.714. The summed E-state index contributed by atoms with van der Waals surface area (Å²) in [7, 11) is -3.80. The average molecular weight is 407 g/mol. The number of anilines is 2. The largest absolute Gasteiger partial charge is 0.493 e. The molecule has 1 fully saturated rings. The van der Waals surface area contributed by atoms with Crippen molar-refractivity contribution in [2.45, 2.75) is 24.7 Å². The molecule has 9 heteroatoms. The Balaban J connectivity index is 1.75. The Morgan fingerprint density at radius 2 is 1.79 bits per heavy atom. The lowest BCUT2D eigenvalue weighted by molar-refractivity contribution is 0.255. The van der Waals surface area contributed by atoms with Gasteiger partial charge in [0, 0.05) is 24.8 Å². The molecule has 0 bridgehead atoms. The second-order valence-corrected chi connectivity index (χ2v) is 8.00. The summed E-state index contributed by atoms with van der Waals surface area (Å²) in [4.78, 5) is 15.5. The molecule has 0 saturated carbocycles. The third-order valence-corrected chi connectivity index (χ3v) is 5.39. The van der Waals surface area contributed by atoms with Gasteiger partial charge in [0.05, 0.1) is 17.2 Å². The lowest BCUT2D eigenvalue weighted by Crippen LogP contribution is -2.32. The Kier molecular flexibility index (Phi) is 5.85. The van der Waals surface area contributed by atoms with E-state index in [9.17, 15) is 17.6 Å². The minimum absolute atomic E-state index is 0.0375. The summed E-state index contributed by atoms with van der Waals surface area (Å²) in [6, 6.07) is 9.74. The molecule has 2 aromatic carbocycles. The number of ether oxygens (including phenoxy) is 1. The van der Waals surface area contributed by atoms with Gasteiger partial charge in [-0.2, -0.15) is 0 Å². The van der Waals surface area contributed by atoms with Gasteiger partial charge in [-0.3, -0.25) is 9.80 Å². The molecule has 2 aromatic rings. The zero-order valence-corrected chi connectivity index (χ0v) is 16.3. The molecule has 3 rings (SSSR count). The molecule has 1 aliphatic heterocycles. The van der Waals surface area contributed by atoms with Gasteiger partial charge < -0.3 is 4.74 Å². The highest BCUT2D eigenvalue weighted by Crippen LogP contribution is 2.29. The average Bonchev–Trinajstić information content (AvgIpc) is 3.03. The molecule has 0 aliphatic carbocycles. The van der Waals surface area contributed by atoms with E-state index in [0.717, 1.165) is 12.8 Å². The molecule has 0 atom stereocenters. The molecule has 1 saturated heterocycles. The lowest BCUT2D eigenvalue weighted by atomic mass is 10.2. The van der Waals surface area contributed by atoms with Gasteiger partial charge in [0.2, 0.25) is 10.0 Å². The molecular formula is C19H22FN3O4S. The van der Waals surface area contributed by atoms with E-state index >= 15 is 0 Å². The number of amides is 2. The SMILES string of the molecule is CCCCOc1ccc(N2CCN(c3ccc(S(N)(=O)=O)cc3)C2=O)c(F)c1. The van der Waals surface area contributed by atoms with Crippen molar-refractivity contribution in [2.75, 3.05) is 29.5 Å². The summed E-state index contributed by atoms with van der Waals surface area (Å²) in [6.45, 7) is 3.21. The zero-order valence-electron chi connectivity index (χ0n) is 15.5. The van der Waals surface area contributed by atoms with Crippen molar-refractivity contribution in [3.8, 4) is 5.75 Å². The first-order chi connectivity index (χ1) is 13.3. The minimum Gasteiger partial charge on any atom is -0.493 e. The number of nitrogens with zero attached hydrogens (tertiary/aromatic N) is 2. The van der Waals surface area contributed by atoms with Crippen molar-refractivity contribution in [2.24, 2.45) is 5.14 Å². The van der Waals surface area contributed by atoms with Crippen molar-refractivity contribution >= 4 is 27.4 Å². The number of nitrogens with two attached hydrogens (primary N) is 1. The second kappa shape index (κ2) is 8.15. The van der Waals surface area contributed by atoms with E-state index in [1.807, 2.05) is 6.92 Å². The third-order valence-electron chi connectivity index (χ3n) is 4.46. The van der Waals surface area contributed by atoms with Crippen LogP contribution >= 0.6 is 0 Å². The summed E-state index contributed by atoms with van der Waals surface area (Å²) >= 11 is 0. The molecule has 0 unspecified atom stereocenters. The van der Waals surface area contributed by atoms with Gasteiger partial charge in [0.15, 0.2) is 5.82 Å². The number of urea groups is 1. The summed E-state index contributed by atoms with van der Waals surface area (Å²) in [5, 5.41) is 5.08. The number of rotatable bonds is 7. The van der Waals surface area contributed by atoms with Crippen LogP contribution in [0.25, 0.3) is 0 Å². The van der Waals surface area contributed by atoms with Gasteiger partial charge >= 0.3 is 6.03 Å². The number of sulfonamides is 1. The van der Waals surface area contributed by atoms with Gasteiger partial charge in [-0.1, -0.05) is 13.3 Å². The van der Waals surface area contributed by atoms with E-state index in [4.69, 9.17) is 9.88 Å². The predicted molar refractivity (Wildman–Crippen MR) is 105 cm³/mol. The van der Waals surface area contributed by atoms with Crippen LogP contribution in [-0.2, 0) is 10.0 Å². The smallest absolute Gasteiger partial charge is 0.329 e. The van der Waals surface area contributed by atoms with Crippen molar-refractivity contribution in [3.63, 3.8) is 0 Å². The number of benzene rings is 2. The fourth-order valence-electron chi connectivity index (χ4n) is 2.95. The normalized spacial score (nSPS) is 14.6. The van der Waals surface area contributed by atoms with Gasteiger partial charge in [0.1, 0.15) is 5.75 Å². The molecule has 28 heavy (non-hydrogen) atoms. The van der Waals surface area contributed by atoms with Crippen LogP contribution in [0, 0.1) is 5.82 Å². The van der Waals surface area contributed by atoms with Crippen molar-refractivity contribution in [1.82, 2.24) is 0 Å². The van der Waals surface area contributed by atoms with Crippen LogP contribution in [-0.4, -0.2) is 34.1 Å². The third kappa shape index (κ3) is 4.26. The van der Waals surface area contributed by atoms with Crippen LogP contribution in [0.15, 0.2) is 47.4 Å². The highest BCUT2D eigenvalue weighted by atomic mass is 32.2. The predicted octanol–water partition coefficient (Wildman–Crippen LogP) is 3.10. The van der Waals surface area contributed by atoms with Crippen LogP contribution in [0.3, 0.4) is 0 Å². The van der Waals surface area contributed by atoms with Gasteiger partial charge in [-0.15, -0.1) is 0 Å². The van der Waals surface area contributed by atoms with E-state index in [2.05, 4.69) is 0 Å². The maximum Gasteiger partial charge on any atom is 0.329 e. The first kappa shape index (κ1) is 20.1. The number of hydrogen-bond donors (Lipinski definition) is 1. The van der Waals surface area contributed by atoms with Crippen LogP contribution in [0.5, 0.6) is 5.75 Å². The summed E-state index contributed by atoms with van der Waals surface area (Å²) in [5.74, 6) is -0.106. The van der Waals surface area contributed by atoms with Gasteiger partial charge in [0.25, 0.3) is 0 Å². The lowest BCUT2D eigenvalue weighted by Gasteiger charge is -2.20. The van der Waals surface area contributed by atoms with E-state index in [-0.39, 0.29) is 16.6 Å². The Hall–Kier alpha value is -2.65. The van der Waals surface area contributed by atoms with Crippen molar-refractivity contribution in [1.29, 1.82) is 0 Å². The molecule has 2 N–H and O–H groups in total. The fourth-order valence-corrected chi connectivity index (χ4v) is 3.46. The van der Waals surface area contributed by atoms with Gasteiger partial charge in [-0.25, -0.2) is 22.7 Å². The number of carbonyl (C=O) groups is 1. The van der Waals surface area contributed by atoms with Crippen LogP contribution in [0.2, 0.25) is 0 Å². The monoisotopic (exact) mass is 407 g/mol. The first-order valence-corrected chi connectivity index (χ1v) is 10.5. The number of halogens is 1. The fraction of sp³-hybridized carbons (Fsp3) is 0.316. The summed E-state index contributed by atoms with van der Waals surface area (Å²) in [5.41, 5.74) is 0.691. The molecule has 7 nitrogen and oxygen atoms in total. The Morgan fingerprint density at radius 3 is 2.39 bits per heavy atom. The van der Waals surface area contributed by atoms with Crippen molar-refractivity contribution in [3.05, 3.63) is 48.3 Å². The van der Waals surface area contributed by atoms with E-state index in [0.29, 0.717) is 31.1 Å². The Labute approximate surface area is 163 Å². The van der Waals surface area contributed by atoms with E-state index in [1.54, 1.807) is 6.07 Å². The standard InChI is InChI=1S/C19H22FN3O4S/c1-2-3-12-27-15-6-9-18(17(20)13-15)23-11-10-22(19(23)24)14-4-7-16(8-5-14)28(21,25)26/h4-9,13H,2-3,10-12H2,1H3,(H2,21,25,26). The zero-order chi connectivity index (χ0) is 20.3. The molecule has 0 radical (unpaired) electrons. The van der Waals surface area contributed by atoms with Gasteiger partial charge in [-0.05, 0) is 42.8 Å². The minimum atomic E-state index is -3.80. The second-order valence-electron chi connectivity index (χ2n) is 6.44. The number of hydrogen-bond acceptors (Lipinski definition) is 4. The highest BCUT2D eigenvalue weighted by molar-refractivity contribution is 7.89. The summed E-state index contributed by atoms with van der Waals surface area (Å²) < 4.78 is 42.7. The Bertz CT molecular complexity index is 964. The topological polar surface area (TPSA) is 92.9 Å². The molecule has 2 amide bonds. The summed E-state index contributed by atoms with van der Waals surface area (Å²) in [6.07, 6.45) is 1.87. The van der Waals surface area contributed by atoms with Crippen LogP contribution < -0.4 is 19.7 Å². The molecule has 0 aromatic heterocycles. The maximum absolute atomic E-state index is 14.5. The van der Waals surface area contributed by atoms with E-state index in [1.165, 1.54) is 46.2 Å². The number of unbranched alkanes of at least 4 members (excludes halogenated alkanes) is 1. The number of carbonyl (C=O) groups excluding carboxylic acids is 1.